The molecule has 0 unspecified atom stereocenters. The standard InChI is InChI=1S/C21H23BrN2O3S/c1-21(2)13-24(20(25)15-6-7-15)19-9-8-17(11-18(19)21)28(26,27)23-12-14-4-3-5-16(22)10-14/h3-5,8-11,15,23H,6-7,12-13H2,1-2H3. The lowest BCUT2D eigenvalue weighted by Crippen LogP contribution is -2.34. The zero-order valence-corrected chi connectivity index (χ0v) is 18.3. The van der Waals surface area contributed by atoms with Gasteiger partial charge in [-0.25, -0.2) is 13.1 Å². The topological polar surface area (TPSA) is 66.5 Å². The molecule has 0 radical (unpaired) electrons. The normalized spacial score (nSPS) is 18.2. The molecular formula is C21H23BrN2O3S. The number of rotatable bonds is 5. The summed E-state index contributed by atoms with van der Waals surface area (Å²) in [7, 11) is -3.65. The Labute approximate surface area is 174 Å². The van der Waals surface area contributed by atoms with E-state index in [1.165, 1.54) is 0 Å². The van der Waals surface area contributed by atoms with E-state index in [0.717, 1.165) is 34.1 Å². The first-order valence-electron chi connectivity index (χ1n) is 9.37. The molecule has 2 aliphatic rings. The molecule has 5 nitrogen and oxygen atoms in total. The Hall–Kier alpha value is -1.70. The first-order chi connectivity index (χ1) is 13.2. The van der Waals surface area contributed by atoms with Crippen molar-refractivity contribution in [3.63, 3.8) is 0 Å². The molecule has 0 saturated heterocycles. The molecule has 148 valence electrons. The van der Waals surface area contributed by atoms with Crippen molar-refractivity contribution < 1.29 is 13.2 Å². The fourth-order valence-corrected chi connectivity index (χ4v) is 5.17. The Morgan fingerprint density at radius 1 is 1.21 bits per heavy atom. The summed E-state index contributed by atoms with van der Waals surface area (Å²) in [6.45, 7) is 4.91. The third kappa shape index (κ3) is 3.75. The largest absolute Gasteiger partial charge is 0.311 e. The molecule has 0 atom stereocenters. The van der Waals surface area contributed by atoms with Gasteiger partial charge in [-0.15, -0.1) is 0 Å². The van der Waals surface area contributed by atoms with Crippen molar-refractivity contribution in [3.05, 3.63) is 58.1 Å². The van der Waals surface area contributed by atoms with Crippen LogP contribution in [0.4, 0.5) is 5.69 Å². The second kappa shape index (κ2) is 6.97. The summed E-state index contributed by atoms with van der Waals surface area (Å²) in [5, 5.41) is 0. The number of sulfonamides is 1. The van der Waals surface area contributed by atoms with E-state index in [-0.39, 0.29) is 28.7 Å². The number of anilines is 1. The Morgan fingerprint density at radius 3 is 2.64 bits per heavy atom. The second-order valence-electron chi connectivity index (χ2n) is 8.22. The van der Waals surface area contributed by atoms with Crippen LogP contribution in [0.5, 0.6) is 0 Å². The van der Waals surface area contributed by atoms with Crippen LogP contribution in [-0.4, -0.2) is 20.9 Å². The maximum Gasteiger partial charge on any atom is 0.240 e. The molecule has 1 N–H and O–H groups in total. The van der Waals surface area contributed by atoms with Gasteiger partial charge < -0.3 is 4.90 Å². The van der Waals surface area contributed by atoms with Gasteiger partial charge in [0.15, 0.2) is 0 Å². The van der Waals surface area contributed by atoms with Gasteiger partial charge in [-0.3, -0.25) is 4.79 Å². The number of hydrogen-bond donors (Lipinski definition) is 1. The molecule has 2 aromatic carbocycles. The molecule has 28 heavy (non-hydrogen) atoms. The number of hydrogen-bond acceptors (Lipinski definition) is 3. The van der Waals surface area contributed by atoms with Crippen LogP contribution in [0.2, 0.25) is 0 Å². The van der Waals surface area contributed by atoms with Crippen molar-refractivity contribution in [2.24, 2.45) is 5.92 Å². The Kier molecular flexibility index (Phi) is 4.88. The third-order valence-electron chi connectivity index (χ3n) is 5.40. The summed E-state index contributed by atoms with van der Waals surface area (Å²) in [6, 6.07) is 12.6. The lowest BCUT2D eigenvalue weighted by atomic mass is 9.87. The first-order valence-corrected chi connectivity index (χ1v) is 11.6. The van der Waals surface area contributed by atoms with Crippen molar-refractivity contribution in [2.45, 2.75) is 43.5 Å². The average molecular weight is 463 g/mol. The van der Waals surface area contributed by atoms with Crippen molar-refractivity contribution in [2.75, 3.05) is 11.4 Å². The predicted octanol–water partition coefficient (Wildman–Crippen LogP) is 3.96. The monoisotopic (exact) mass is 462 g/mol. The van der Waals surface area contributed by atoms with E-state index < -0.39 is 10.0 Å². The highest BCUT2D eigenvalue weighted by Crippen LogP contribution is 2.44. The van der Waals surface area contributed by atoms with Gasteiger partial charge in [0, 0.05) is 34.6 Å². The van der Waals surface area contributed by atoms with Gasteiger partial charge in [0.05, 0.1) is 4.90 Å². The Morgan fingerprint density at radius 2 is 1.96 bits per heavy atom. The molecule has 1 aliphatic heterocycles. The van der Waals surface area contributed by atoms with Gasteiger partial charge >= 0.3 is 0 Å². The highest BCUT2D eigenvalue weighted by Gasteiger charge is 2.43. The minimum Gasteiger partial charge on any atom is -0.311 e. The number of amides is 1. The number of benzene rings is 2. The summed E-state index contributed by atoms with van der Waals surface area (Å²) >= 11 is 3.40. The van der Waals surface area contributed by atoms with Crippen LogP contribution in [0, 0.1) is 5.92 Å². The summed E-state index contributed by atoms with van der Waals surface area (Å²) in [5.74, 6) is 0.298. The number of nitrogens with zero attached hydrogens (tertiary/aromatic N) is 1. The second-order valence-corrected chi connectivity index (χ2v) is 10.9. The molecule has 0 aromatic heterocycles. The zero-order valence-electron chi connectivity index (χ0n) is 15.9. The van der Waals surface area contributed by atoms with E-state index in [0.29, 0.717) is 6.54 Å². The van der Waals surface area contributed by atoms with Crippen LogP contribution in [0.15, 0.2) is 51.8 Å². The number of fused-ring (bicyclic) bond motifs is 1. The van der Waals surface area contributed by atoms with E-state index in [1.807, 2.05) is 29.2 Å². The van der Waals surface area contributed by atoms with E-state index in [4.69, 9.17) is 0 Å². The van der Waals surface area contributed by atoms with Crippen molar-refractivity contribution in [1.29, 1.82) is 0 Å². The lowest BCUT2D eigenvalue weighted by molar-refractivity contribution is -0.119. The van der Waals surface area contributed by atoms with Gasteiger partial charge in [0.2, 0.25) is 15.9 Å². The molecule has 2 aromatic rings. The highest BCUT2D eigenvalue weighted by atomic mass is 79.9. The molecule has 7 heteroatoms. The van der Waals surface area contributed by atoms with Gasteiger partial charge in [0.25, 0.3) is 0 Å². The molecule has 1 heterocycles. The molecule has 1 aliphatic carbocycles. The predicted molar refractivity (Wildman–Crippen MR) is 113 cm³/mol. The number of carbonyl (C=O) groups excluding carboxylic acids is 1. The summed E-state index contributed by atoms with van der Waals surface area (Å²) in [5.41, 5.74) is 2.34. The molecule has 1 saturated carbocycles. The molecule has 0 bridgehead atoms. The SMILES string of the molecule is CC1(C)CN(C(=O)C2CC2)c2ccc(S(=O)(=O)NCc3cccc(Br)c3)cc21. The summed E-state index contributed by atoms with van der Waals surface area (Å²) < 4.78 is 29.2. The minimum absolute atomic E-state index is 0.136. The van der Waals surface area contributed by atoms with Gasteiger partial charge in [-0.2, -0.15) is 0 Å². The minimum atomic E-state index is -3.65. The highest BCUT2D eigenvalue weighted by molar-refractivity contribution is 9.10. The van der Waals surface area contributed by atoms with Crippen molar-refractivity contribution >= 4 is 37.5 Å². The smallest absolute Gasteiger partial charge is 0.240 e. The summed E-state index contributed by atoms with van der Waals surface area (Å²) in [4.78, 5) is 14.7. The number of carbonyl (C=O) groups is 1. The molecule has 0 spiro atoms. The van der Waals surface area contributed by atoms with E-state index in [1.54, 1.807) is 18.2 Å². The Balaban J connectivity index is 1.60. The van der Waals surface area contributed by atoms with Gasteiger partial charge in [-0.1, -0.05) is 41.9 Å². The third-order valence-corrected chi connectivity index (χ3v) is 7.29. The van der Waals surface area contributed by atoms with Gasteiger partial charge in [0.1, 0.15) is 0 Å². The maximum atomic E-state index is 12.8. The fourth-order valence-electron chi connectivity index (χ4n) is 3.68. The van der Waals surface area contributed by atoms with Gasteiger partial charge in [-0.05, 0) is 54.3 Å². The lowest BCUT2D eigenvalue weighted by Gasteiger charge is -2.20. The fraction of sp³-hybridized carbons (Fsp3) is 0.381. The van der Waals surface area contributed by atoms with E-state index in [9.17, 15) is 13.2 Å². The van der Waals surface area contributed by atoms with E-state index in [2.05, 4.69) is 34.5 Å². The quantitative estimate of drug-likeness (QED) is 0.730. The van der Waals surface area contributed by atoms with Crippen molar-refractivity contribution in [1.82, 2.24) is 4.72 Å². The first kappa shape index (κ1) is 19.6. The average Bonchev–Trinajstić information content (AvgIpc) is 3.45. The van der Waals surface area contributed by atoms with Crippen LogP contribution >= 0.6 is 15.9 Å². The maximum absolute atomic E-state index is 12.8. The van der Waals surface area contributed by atoms with Crippen LogP contribution in [0.1, 0.15) is 37.8 Å². The van der Waals surface area contributed by atoms with Crippen LogP contribution in [0.3, 0.4) is 0 Å². The Bertz CT molecular complexity index is 1050. The van der Waals surface area contributed by atoms with Crippen LogP contribution in [-0.2, 0) is 26.8 Å². The molecule has 4 rings (SSSR count). The van der Waals surface area contributed by atoms with Crippen LogP contribution < -0.4 is 9.62 Å². The van der Waals surface area contributed by atoms with E-state index >= 15 is 0 Å². The zero-order chi connectivity index (χ0) is 20.1. The van der Waals surface area contributed by atoms with Crippen molar-refractivity contribution in [3.8, 4) is 0 Å². The van der Waals surface area contributed by atoms with Crippen LogP contribution in [0.25, 0.3) is 0 Å². The number of halogens is 1. The number of nitrogens with one attached hydrogen (secondary N) is 1. The molecular weight excluding hydrogens is 440 g/mol. The summed E-state index contributed by atoms with van der Waals surface area (Å²) in [6.07, 6.45) is 1.91. The molecule has 1 amide bonds. The molecule has 1 fully saturated rings.